The molecule has 0 aromatic carbocycles. The molecule has 0 atom stereocenters. The number of hydrogen-bond acceptors (Lipinski definition) is 1. The van der Waals surface area contributed by atoms with Crippen LogP contribution in [0, 0.1) is 9.85 Å². The zero-order chi connectivity index (χ0) is 11.4. The molecule has 1 N–H and O–H groups in total. The summed E-state index contributed by atoms with van der Waals surface area (Å²) in [4.78, 5) is 10.9. The summed E-state index contributed by atoms with van der Waals surface area (Å²) in [5.74, 6) is 2.29. The Morgan fingerprint density at radius 3 is 2.33 bits per heavy atom. The molecule has 0 aromatic rings. The van der Waals surface area contributed by atoms with E-state index in [-0.39, 0.29) is 5.91 Å². The van der Waals surface area contributed by atoms with E-state index in [2.05, 4.69) is 22.1 Å². The van der Waals surface area contributed by atoms with E-state index in [0.717, 1.165) is 13.0 Å². The average molecular weight is 321 g/mol. The average Bonchev–Trinajstić information content (AvgIpc) is 2.22. The van der Waals surface area contributed by atoms with Crippen LogP contribution < -0.4 is 5.32 Å². The van der Waals surface area contributed by atoms with Crippen LogP contribution >= 0.6 is 22.6 Å². The standard InChI is InChI=1S/C12H20INO/c1-2-3-4-5-6-7-8-11-14-12(15)9-10-13/h2-8,11H2,1H3,(H,14,15). The van der Waals surface area contributed by atoms with Crippen LogP contribution in [-0.2, 0) is 4.79 Å². The third-order valence-electron chi connectivity index (χ3n) is 2.23. The first-order valence-electron chi connectivity index (χ1n) is 5.70. The Morgan fingerprint density at radius 1 is 1.13 bits per heavy atom. The highest BCUT2D eigenvalue weighted by Gasteiger charge is 1.94. The Morgan fingerprint density at radius 2 is 1.73 bits per heavy atom. The number of amides is 1. The summed E-state index contributed by atoms with van der Waals surface area (Å²) in [5, 5.41) is 2.77. The molecule has 3 heteroatoms. The second-order valence-corrected chi connectivity index (χ2v) is 4.14. The number of rotatable bonds is 8. The van der Waals surface area contributed by atoms with E-state index < -0.39 is 0 Å². The van der Waals surface area contributed by atoms with Gasteiger partial charge >= 0.3 is 0 Å². The highest BCUT2D eigenvalue weighted by molar-refractivity contribution is 14.1. The Bertz CT molecular complexity index is 217. The van der Waals surface area contributed by atoms with Gasteiger partial charge in [-0.2, -0.15) is 0 Å². The Hall–Kier alpha value is -0.240. The predicted molar refractivity (Wildman–Crippen MR) is 72.8 cm³/mol. The van der Waals surface area contributed by atoms with Crippen LogP contribution in [0.5, 0.6) is 0 Å². The van der Waals surface area contributed by atoms with Gasteiger partial charge in [0.2, 0.25) is 0 Å². The first-order valence-corrected chi connectivity index (χ1v) is 6.78. The highest BCUT2D eigenvalue weighted by Crippen LogP contribution is 2.06. The molecule has 0 heterocycles. The molecule has 2 nitrogen and oxygen atoms in total. The molecule has 0 radical (unpaired) electrons. The van der Waals surface area contributed by atoms with Gasteiger partial charge in [-0.05, 0) is 10.3 Å². The minimum atomic E-state index is -0.157. The second kappa shape index (κ2) is 11.8. The third-order valence-corrected chi connectivity index (χ3v) is 2.50. The summed E-state index contributed by atoms with van der Waals surface area (Å²) in [6.07, 6.45) is 8.89. The van der Waals surface area contributed by atoms with Gasteiger partial charge in [0.05, 0.1) is 0 Å². The molecule has 0 aliphatic rings. The summed E-state index contributed by atoms with van der Waals surface area (Å²) >= 11 is 1.87. The predicted octanol–water partition coefficient (Wildman–Crippen LogP) is 3.25. The molecule has 0 spiro atoms. The molecule has 0 aromatic heterocycles. The molecule has 1 amide bonds. The SMILES string of the molecule is CCCCCCCCCNC(=O)C#CI. The van der Waals surface area contributed by atoms with E-state index in [1.807, 2.05) is 22.6 Å². The van der Waals surface area contributed by atoms with E-state index in [0.29, 0.717) is 0 Å². The van der Waals surface area contributed by atoms with Crippen LogP contribution in [0.15, 0.2) is 0 Å². The lowest BCUT2D eigenvalue weighted by molar-refractivity contribution is -0.115. The molecule has 0 aliphatic carbocycles. The fraction of sp³-hybridized carbons (Fsp3) is 0.750. The topological polar surface area (TPSA) is 29.1 Å². The van der Waals surface area contributed by atoms with Crippen molar-refractivity contribution in [2.45, 2.75) is 51.9 Å². The Balaban J connectivity index is 3.10. The van der Waals surface area contributed by atoms with Crippen LogP contribution in [0.4, 0.5) is 0 Å². The molecule has 86 valence electrons. The lowest BCUT2D eigenvalue weighted by Crippen LogP contribution is -2.22. The first-order chi connectivity index (χ1) is 7.31. The lowest BCUT2D eigenvalue weighted by atomic mass is 10.1. The number of hydrogen-bond donors (Lipinski definition) is 1. The molecule has 0 saturated heterocycles. The van der Waals surface area contributed by atoms with Crippen molar-refractivity contribution in [1.82, 2.24) is 5.32 Å². The zero-order valence-corrected chi connectivity index (χ0v) is 11.6. The van der Waals surface area contributed by atoms with Gasteiger partial charge in [0.15, 0.2) is 0 Å². The highest BCUT2D eigenvalue weighted by atomic mass is 127. The number of halogens is 1. The third kappa shape index (κ3) is 11.7. The van der Waals surface area contributed by atoms with Gasteiger partial charge in [-0.1, -0.05) is 45.4 Å². The van der Waals surface area contributed by atoms with Crippen molar-refractivity contribution in [3.8, 4) is 9.85 Å². The van der Waals surface area contributed by atoms with Gasteiger partial charge in [0, 0.05) is 35.1 Å². The van der Waals surface area contributed by atoms with Crippen molar-refractivity contribution >= 4 is 28.5 Å². The van der Waals surface area contributed by atoms with E-state index in [9.17, 15) is 4.79 Å². The van der Waals surface area contributed by atoms with Gasteiger partial charge < -0.3 is 5.32 Å². The molecule has 0 aliphatic heterocycles. The summed E-state index contributed by atoms with van der Waals surface area (Å²) < 4.78 is 2.55. The molecule has 0 bridgehead atoms. The maximum absolute atomic E-state index is 10.9. The summed E-state index contributed by atoms with van der Waals surface area (Å²) in [5.41, 5.74) is 0. The molecular formula is C12H20INO. The van der Waals surface area contributed by atoms with E-state index >= 15 is 0 Å². The van der Waals surface area contributed by atoms with Crippen molar-refractivity contribution in [2.75, 3.05) is 6.54 Å². The van der Waals surface area contributed by atoms with Crippen molar-refractivity contribution in [3.63, 3.8) is 0 Å². The Labute approximate surface area is 107 Å². The van der Waals surface area contributed by atoms with Crippen LogP contribution in [0.25, 0.3) is 0 Å². The molecular weight excluding hydrogens is 301 g/mol. The molecule has 0 unspecified atom stereocenters. The largest absolute Gasteiger partial charge is 0.345 e. The minimum absolute atomic E-state index is 0.157. The molecule has 0 fully saturated rings. The zero-order valence-electron chi connectivity index (χ0n) is 9.44. The first kappa shape index (κ1) is 14.8. The van der Waals surface area contributed by atoms with Crippen LogP contribution in [0.2, 0.25) is 0 Å². The van der Waals surface area contributed by atoms with Crippen molar-refractivity contribution in [1.29, 1.82) is 0 Å². The maximum Gasteiger partial charge on any atom is 0.296 e. The normalized spacial score (nSPS) is 9.20. The van der Waals surface area contributed by atoms with Crippen molar-refractivity contribution < 1.29 is 4.79 Å². The van der Waals surface area contributed by atoms with E-state index in [4.69, 9.17) is 0 Å². The summed E-state index contributed by atoms with van der Waals surface area (Å²) in [7, 11) is 0. The monoisotopic (exact) mass is 321 g/mol. The van der Waals surface area contributed by atoms with E-state index in [1.165, 1.54) is 38.5 Å². The van der Waals surface area contributed by atoms with Crippen LogP contribution in [0.3, 0.4) is 0 Å². The number of carbonyl (C=O) groups is 1. The van der Waals surface area contributed by atoms with Gasteiger partial charge in [0.25, 0.3) is 5.91 Å². The quantitative estimate of drug-likeness (QED) is 0.415. The number of unbranched alkanes of at least 4 members (excludes halogenated alkanes) is 6. The summed E-state index contributed by atoms with van der Waals surface area (Å²) in [6, 6.07) is 0. The number of carbonyl (C=O) groups excluding carboxylic acids is 1. The number of nitrogens with one attached hydrogen (secondary N) is 1. The Kier molecular flexibility index (Phi) is 11.6. The lowest BCUT2D eigenvalue weighted by Gasteiger charge is -2.01. The summed E-state index contributed by atoms with van der Waals surface area (Å²) in [6.45, 7) is 2.99. The van der Waals surface area contributed by atoms with Crippen LogP contribution in [0.1, 0.15) is 51.9 Å². The van der Waals surface area contributed by atoms with E-state index in [1.54, 1.807) is 0 Å². The fourth-order valence-electron chi connectivity index (χ4n) is 1.37. The van der Waals surface area contributed by atoms with Gasteiger partial charge in [-0.15, -0.1) is 0 Å². The van der Waals surface area contributed by atoms with Gasteiger partial charge in [-0.3, -0.25) is 4.79 Å². The van der Waals surface area contributed by atoms with Crippen LogP contribution in [-0.4, -0.2) is 12.5 Å². The molecule has 0 saturated carbocycles. The van der Waals surface area contributed by atoms with Gasteiger partial charge in [0.1, 0.15) is 0 Å². The van der Waals surface area contributed by atoms with Crippen molar-refractivity contribution in [3.05, 3.63) is 0 Å². The second-order valence-electron chi connectivity index (χ2n) is 3.60. The minimum Gasteiger partial charge on any atom is -0.345 e. The molecule has 15 heavy (non-hydrogen) atoms. The van der Waals surface area contributed by atoms with Crippen molar-refractivity contribution in [2.24, 2.45) is 0 Å². The molecule has 0 rings (SSSR count). The van der Waals surface area contributed by atoms with Gasteiger partial charge in [-0.25, -0.2) is 0 Å². The maximum atomic E-state index is 10.9. The smallest absolute Gasteiger partial charge is 0.296 e. The fourth-order valence-corrected chi connectivity index (χ4v) is 1.62.